The molecule has 7 heteroatoms. The first-order chi connectivity index (χ1) is 12.6. The molecule has 0 spiro atoms. The highest BCUT2D eigenvalue weighted by molar-refractivity contribution is 7.07. The fourth-order valence-corrected chi connectivity index (χ4v) is 3.31. The SMILES string of the molecule is COc1ccc(-c2csc(=NCC(=O)O)n2C(=O)c2ccccc2)cc1. The Morgan fingerprint density at radius 2 is 1.81 bits per heavy atom. The van der Waals surface area contributed by atoms with Gasteiger partial charge in [-0.2, -0.15) is 0 Å². The van der Waals surface area contributed by atoms with Crippen LogP contribution in [0.25, 0.3) is 11.3 Å². The van der Waals surface area contributed by atoms with Crippen molar-refractivity contribution in [1.29, 1.82) is 0 Å². The van der Waals surface area contributed by atoms with Crippen LogP contribution in [0.4, 0.5) is 0 Å². The standard InChI is InChI=1S/C19H16N2O4S/c1-25-15-9-7-13(8-10-15)16-12-26-19(20-11-17(22)23)21(16)18(24)14-5-3-2-4-6-14/h2-10,12H,11H2,1H3,(H,22,23). The Morgan fingerprint density at radius 3 is 2.42 bits per heavy atom. The lowest BCUT2D eigenvalue weighted by molar-refractivity contribution is -0.135. The number of carbonyl (C=O) groups excluding carboxylic acids is 1. The molecule has 1 N–H and O–H groups in total. The summed E-state index contributed by atoms with van der Waals surface area (Å²) in [5.41, 5.74) is 1.95. The van der Waals surface area contributed by atoms with E-state index in [1.807, 2.05) is 18.2 Å². The van der Waals surface area contributed by atoms with Gasteiger partial charge in [0.2, 0.25) is 0 Å². The van der Waals surface area contributed by atoms with Crippen molar-refractivity contribution >= 4 is 23.2 Å². The van der Waals surface area contributed by atoms with Crippen molar-refractivity contribution in [2.45, 2.75) is 0 Å². The first-order valence-electron chi connectivity index (χ1n) is 7.77. The third-order valence-corrected chi connectivity index (χ3v) is 4.53. The summed E-state index contributed by atoms with van der Waals surface area (Å²) in [6.07, 6.45) is 0. The second-order valence-electron chi connectivity index (χ2n) is 5.35. The molecule has 0 amide bonds. The molecule has 6 nitrogen and oxygen atoms in total. The molecule has 0 aliphatic rings. The number of carboxylic acid groups (broad SMARTS) is 1. The van der Waals surface area contributed by atoms with Gasteiger partial charge < -0.3 is 9.84 Å². The van der Waals surface area contributed by atoms with Crippen LogP contribution in [0.5, 0.6) is 5.75 Å². The van der Waals surface area contributed by atoms with Crippen molar-refractivity contribution in [3.8, 4) is 17.0 Å². The summed E-state index contributed by atoms with van der Waals surface area (Å²) >= 11 is 1.23. The number of hydrogen-bond acceptors (Lipinski definition) is 5. The Balaban J connectivity index is 2.14. The Bertz CT molecular complexity index is 988. The Hall–Kier alpha value is -3.19. The lowest BCUT2D eigenvalue weighted by atomic mass is 10.1. The molecule has 0 aliphatic heterocycles. The highest BCUT2D eigenvalue weighted by Crippen LogP contribution is 2.23. The Morgan fingerprint density at radius 1 is 1.12 bits per heavy atom. The molecule has 132 valence electrons. The predicted molar refractivity (Wildman–Crippen MR) is 98.5 cm³/mol. The molecule has 2 aromatic carbocycles. The van der Waals surface area contributed by atoms with E-state index < -0.39 is 12.5 Å². The van der Waals surface area contributed by atoms with Gasteiger partial charge in [0.25, 0.3) is 5.91 Å². The summed E-state index contributed by atoms with van der Waals surface area (Å²) in [7, 11) is 1.58. The molecule has 1 heterocycles. The number of rotatable bonds is 5. The Kier molecular flexibility index (Phi) is 5.28. The van der Waals surface area contributed by atoms with Crippen LogP contribution in [-0.2, 0) is 4.79 Å². The van der Waals surface area contributed by atoms with Gasteiger partial charge in [0, 0.05) is 10.9 Å². The van der Waals surface area contributed by atoms with Crippen LogP contribution < -0.4 is 9.54 Å². The molecular weight excluding hydrogens is 352 g/mol. The number of carbonyl (C=O) groups is 2. The number of benzene rings is 2. The zero-order valence-electron chi connectivity index (χ0n) is 14.0. The number of thiazole rings is 1. The molecule has 0 bridgehead atoms. The minimum absolute atomic E-state index is 0.262. The average molecular weight is 368 g/mol. The van der Waals surface area contributed by atoms with Gasteiger partial charge in [-0.25, -0.2) is 4.99 Å². The first-order valence-corrected chi connectivity index (χ1v) is 8.65. The van der Waals surface area contributed by atoms with Crippen LogP contribution in [0.2, 0.25) is 0 Å². The molecule has 3 aromatic rings. The van der Waals surface area contributed by atoms with E-state index in [1.54, 1.807) is 48.9 Å². The zero-order chi connectivity index (χ0) is 18.5. The van der Waals surface area contributed by atoms with Crippen LogP contribution >= 0.6 is 11.3 Å². The molecule has 26 heavy (non-hydrogen) atoms. The summed E-state index contributed by atoms with van der Waals surface area (Å²) in [6.45, 7) is -0.398. The topological polar surface area (TPSA) is 80.9 Å². The van der Waals surface area contributed by atoms with Crippen LogP contribution in [0.1, 0.15) is 10.4 Å². The van der Waals surface area contributed by atoms with E-state index in [0.717, 1.165) is 5.56 Å². The lowest BCUT2D eigenvalue weighted by Crippen LogP contribution is -2.25. The largest absolute Gasteiger partial charge is 0.497 e. The van der Waals surface area contributed by atoms with E-state index in [9.17, 15) is 9.59 Å². The fraction of sp³-hybridized carbons (Fsp3) is 0.105. The van der Waals surface area contributed by atoms with Gasteiger partial charge in [-0.15, -0.1) is 11.3 Å². The fourth-order valence-electron chi connectivity index (χ4n) is 2.43. The summed E-state index contributed by atoms with van der Waals surface area (Å²) in [6, 6.07) is 16.1. The van der Waals surface area contributed by atoms with Gasteiger partial charge in [0.15, 0.2) is 4.80 Å². The third-order valence-electron chi connectivity index (χ3n) is 3.67. The number of aromatic nitrogens is 1. The van der Waals surface area contributed by atoms with Crippen molar-refractivity contribution in [1.82, 2.24) is 4.57 Å². The predicted octanol–water partition coefficient (Wildman–Crippen LogP) is 2.90. The summed E-state index contributed by atoms with van der Waals surface area (Å²) in [5, 5.41) is 10.7. The number of nitrogens with zero attached hydrogens (tertiary/aromatic N) is 2. The number of aliphatic carboxylic acids is 1. The summed E-state index contributed by atoms with van der Waals surface area (Å²) < 4.78 is 6.62. The van der Waals surface area contributed by atoms with Crippen molar-refractivity contribution in [3.05, 3.63) is 70.3 Å². The van der Waals surface area contributed by atoms with Crippen LogP contribution in [-0.4, -0.2) is 35.2 Å². The van der Waals surface area contributed by atoms with E-state index in [4.69, 9.17) is 9.84 Å². The molecule has 0 atom stereocenters. The van der Waals surface area contributed by atoms with Crippen LogP contribution in [0.3, 0.4) is 0 Å². The molecule has 1 aromatic heterocycles. The average Bonchev–Trinajstić information content (AvgIpc) is 3.10. The lowest BCUT2D eigenvalue weighted by Gasteiger charge is -2.09. The number of hydrogen-bond donors (Lipinski definition) is 1. The van der Waals surface area contributed by atoms with Gasteiger partial charge in [-0.1, -0.05) is 18.2 Å². The Labute approximate surface area is 153 Å². The van der Waals surface area contributed by atoms with E-state index in [-0.39, 0.29) is 5.91 Å². The summed E-state index contributed by atoms with van der Waals surface area (Å²) in [4.78, 5) is 28.3. The van der Waals surface area contributed by atoms with Gasteiger partial charge in [-0.3, -0.25) is 14.2 Å². The van der Waals surface area contributed by atoms with Crippen molar-refractivity contribution in [3.63, 3.8) is 0 Å². The molecule has 3 rings (SSSR count). The highest BCUT2D eigenvalue weighted by Gasteiger charge is 2.16. The number of methoxy groups -OCH3 is 1. The van der Waals surface area contributed by atoms with Gasteiger partial charge in [0.1, 0.15) is 12.3 Å². The number of ether oxygens (including phenoxy) is 1. The molecule has 0 unspecified atom stereocenters. The molecule has 0 fully saturated rings. The molecular formula is C19H16N2O4S. The highest BCUT2D eigenvalue weighted by atomic mass is 32.1. The van der Waals surface area contributed by atoms with Crippen LogP contribution in [0.15, 0.2) is 65.0 Å². The molecule has 0 aliphatic carbocycles. The maximum absolute atomic E-state index is 13.0. The van der Waals surface area contributed by atoms with E-state index in [0.29, 0.717) is 21.8 Å². The molecule has 0 saturated carbocycles. The van der Waals surface area contributed by atoms with Gasteiger partial charge in [-0.05, 0) is 42.0 Å². The van der Waals surface area contributed by atoms with Crippen LogP contribution in [0, 0.1) is 0 Å². The van der Waals surface area contributed by atoms with Crippen molar-refractivity contribution < 1.29 is 19.4 Å². The van der Waals surface area contributed by atoms with Gasteiger partial charge in [0.05, 0.1) is 12.8 Å². The third kappa shape index (κ3) is 3.73. The first kappa shape index (κ1) is 17.6. The maximum atomic E-state index is 13.0. The quantitative estimate of drug-likeness (QED) is 0.751. The molecule has 0 radical (unpaired) electrons. The number of carboxylic acids is 1. The van der Waals surface area contributed by atoms with E-state index in [2.05, 4.69) is 4.99 Å². The zero-order valence-corrected chi connectivity index (χ0v) is 14.8. The van der Waals surface area contributed by atoms with Crippen molar-refractivity contribution in [2.75, 3.05) is 13.7 Å². The van der Waals surface area contributed by atoms with Gasteiger partial charge >= 0.3 is 5.97 Å². The second-order valence-corrected chi connectivity index (χ2v) is 6.19. The van der Waals surface area contributed by atoms with E-state index in [1.165, 1.54) is 15.9 Å². The monoisotopic (exact) mass is 368 g/mol. The molecule has 0 saturated heterocycles. The minimum Gasteiger partial charge on any atom is -0.497 e. The van der Waals surface area contributed by atoms with E-state index >= 15 is 0 Å². The smallest absolute Gasteiger partial charge is 0.325 e. The minimum atomic E-state index is -1.05. The normalized spacial score (nSPS) is 11.3. The summed E-state index contributed by atoms with van der Waals surface area (Å²) in [5.74, 6) is -0.606. The van der Waals surface area contributed by atoms with Crippen molar-refractivity contribution in [2.24, 2.45) is 4.99 Å². The second kappa shape index (κ2) is 7.79. The maximum Gasteiger partial charge on any atom is 0.325 e.